The normalized spacial score (nSPS) is 12.3. The number of alkyl halides is 1. The molecule has 4 heteroatoms. The van der Waals surface area contributed by atoms with Crippen molar-refractivity contribution in [2.75, 3.05) is 6.61 Å². The van der Waals surface area contributed by atoms with Crippen LogP contribution in [0.2, 0.25) is 0 Å². The van der Waals surface area contributed by atoms with E-state index in [1.54, 1.807) is 6.92 Å². The van der Waals surface area contributed by atoms with E-state index in [9.17, 15) is 9.18 Å². The van der Waals surface area contributed by atoms with Gasteiger partial charge in [0.15, 0.2) is 0 Å². The maximum absolute atomic E-state index is 13.0. The number of halogens is 2. The predicted molar refractivity (Wildman–Crippen MR) is 59.7 cm³/mol. The van der Waals surface area contributed by atoms with E-state index in [2.05, 4.69) is 15.9 Å². The molecule has 1 atom stereocenters. The summed E-state index contributed by atoms with van der Waals surface area (Å²) in [5.74, 6) is -0.775. The molecule has 1 rings (SSSR count). The average Bonchev–Trinajstić information content (AvgIpc) is 2.17. The molecule has 0 fully saturated rings. The number of rotatable bonds is 3. The van der Waals surface area contributed by atoms with Crippen LogP contribution in [0.5, 0.6) is 0 Å². The number of esters is 1. The van der Waals surface area contributed by atoms with Gasteiger partial charge in [-0.1, -0.05) is 15.9 Å². The smallest absolute Gasteiger partial charge is 0.338 e. The molecule has 0 saturated carbocycles. The van der Waals surface area contributed by atoms with Gasteiger partial charge in [0.05, 0.1) is 12.2 Å². The van der Waals surface area contributed by atoms with Gasteiger partial charge in [-0.25, -0.2) is 9.18 Å². The molecule has 15 heavy (non-hydrogen) atoms. The zero-order valence-electron chi connectivity index (χ0n) is 8.59. The number of carbonyl (C=O) groups excluding carboxylic acids is 1. The van der Waals surface area contributed by atoms with Crippen molar-refractivity contribution < 1.29 is 13.9 Å². The Balaban J connectivity index is 3.11. The van der Waals surface area contributed by atoms with Crippen LogP contribution in [-0.4, -0.2) is 12.6 Å². The van der Waals surface area contributed by atoms with Crippen LogP contribution in [0.1, 0.15) is 34.6 Å². The van der Waals surface area contributed by atoms with Gasteiger partial charge in [-0.2, -0.15) is 0 Å². The number of benzene rings is 1. The lowest BCUT2D eigenvalue weighted by molar-refractivity contribution is 0.0525. The van der Waals surface area contributed by atoms with E-state index < -0.39 is 5.97 Å². The molecular weight excluding hydrogens is 263 g/mol. The molecular formula is C11H12BrFO2. The quantitative estimate of drug-likeness (QED) is 0.623. The SMILES string of the molecule is CCOC(=O)c1ccc(F)cc1C(C)Br. The summed E-state index contributed by atoms with van der Waals surface area (Å²) >= 11 is 3.31. The standard InChI is InChI=1S/C11H12BrFO2/c1-3-15-11(14)9-5-4-8(13)6-10(9)7(2)12/h4-7H,3H2,1-2H3. The van der Waals surface area contributed by atoms with Crippen molar-refractivity contribution in [2.24, 2.45) is 0 Å². The van der Waals surface area contributed by atoms with Gasteiger partial charge in [-0.3, -0.25) is 0 Å². The van der Waals surface area contributed by atoms with Crippen LogP contribution in [0.4, 0.5) is 4.39 Å². The highest BCUT2D eigenvalue weighted by Crippen LogP contribution is 2.26. The molecule has 82 valence electrons. The van der Waals surface area contributed by atoms with Crippen molar-refractivity contribution >= 4 is 21.9 Å². The second kappa shape index (κ2) is 5.26. The van der Waals surface area contributed by atoms with Crippen molar-refractivity contribution in [1.29, 1.82) is 0 Å². The molecule has 0 aliphatic heterocycles. The van der Waals surface area contributed by atoms with Crippen LogP contribution in [0, 0.1) is 5.82 Å². The summed E-state index contributed by atoms with van der Waals surface area (Å²) in [5, 5.41) is 0. The molecule has 0 radical (unpaired) electrons. The lowest BCUT2D eigenvalue weighted by atomic mass is 10.1. The summed E-state index contributed by atoms with van der Waals surface area (Å²) in [6.45, 7) is 3.88. The fourth-order valence-corrected chi connectivity index (χ4v) is 1.64. The van der Waals surface area contributed by atoms with Crippen LogP contribution >= 0.6 is 15.9 Å². The van der Waals surface area contributed by atoms with E-state index in [0.717, 1.165) is 0 Å². The van der Waals surface area contributed by atoms with E-state index in [1.807, 2.05) is 6.92 Å². The van der Waals surface area contributed by atoms with Gasteiger partial charge in [-0.15, -0.1) is 0 Å². The first kappa shape index (κ1) is 12.2. The molecule has 1 unspecified atom stereocenters. The minimum absolute atomic E-state index is 0.0902. The summed E-state index contributed by atoms with van der Waals surface area (Å²) < 4.78 is 17.9. The van der Waals surface area contributed by atoms with Crippen molar-refractivity contribution in [3.8, 4) is 0 Å². The Morgan fingerprint density at radius 3 is 2.80 bits per heavy atom. The molecule has 2 nitrogen and oxygen atoms in total. The molecule has 1 aromatic rings. The van der Waals surface area contributed by atoms with Gasteiger partial charge in [-0.05, 0) is 37.6 Å². The Morgan fingerprint density at radius 2 is 2.27 bits per heavy atom. The molecule has 0 N–H and O–H groups in total. The van der Waals surface area contributed by atoms with E-state index in [0.29, 0.717) is 17.7 Å². The van der Waals surface area contributed by atoms with Gasteiger partial charge in [0.25, 0.3) is 0 Å². The van der Waals surface area contributed by atoms with Crippen LogP contribution in [-0.2, 0) is 4.74 Å². The zero-order valence-corrected chi connectivity index (χ0v) is 10.2. The van der Waals surface area contributed by atoms with Gasteiger partial charge < -0.3 is 4.74 Å². The second-order valence-electron chi connectivity index (χ2n) is 3.07. The third-order valence-corrected chi connectivity index (χ3v) is 2.43. The Hall–Kier alpha value is -0.900. The van der Waals surface area contributed by atoms with Crippen LogP contribution in [0.25, 0.3) is 0 Å². The number of ether oxygens (including phenoxy) is 1. The third kappa shape index (κ3) is 3.02. The molecule has 0 saturated heterocycles. The fourth-order valence-electron chi connectivity index (χ4n) is 1.26. The van der Waals surface area contributed by atoms with Crippen molar-refractivity contribution in [3.63, 3.8) is 0 Å². The van der Waals surface area contributed by atoms with Crippen LogP contribution < -0.4 is 0 Å². The number of hydrogen-bond donors (Lipinski definition) is 0. The minimum atomic E-state index is -0.418. The van der Waals surface area contributed by atoms with Crippen LogP contribution in [0.15, 0.2) is 18.2 Å². The maximum atomic E-state index is 13.0. The lowest BCUT2D eigenvalue weighted by Gasteiger charge is -2.10. The van der Waals surface area contributed by atoms with Crippen molar-refractivity contribution in [2.45, 2.75) is 18.7 Å². The minimum Gasteiger partial charge on any atom is -0.462 e. The van der Waals surface area contributed by atoms with Crippen molar-refractivity contribution in [3.05, 3.63) is 35.1 Å². The second-order valence-corrected chi connectivity index (χ2v) is 4.44. The lowest BCUT2D eigenvalue weighted by Crippen LogP contribution is -2.08. The average molecular weight is 275 g/mol. The molecule has 0 bridgehead atoms. The highest BCUT2D eigenvalue weighted by molar-refractivity contribution is 9.09. The van der Waals surface area contributed by atoms with Gasteiger partial charge in [0, 0.05) is 4.83 Å². The Morgan fingerprint density at radius 1 is 1.60 bits per heavy atom. The molecule has 0 aliphatic rings. The summed E-state index contributed by atoms with van der Waals surface area (Å²) in [5.41, 5.74) is 1.01. The van der Waals surface area contributed by atoms with Crippen LogP contribution in [0.3, 0.4) is 0 Å². The number of carbonyl (C=O) groups is 1. The molecule has 0 amide bonds. The van der Waals surface area contributed by atoms with E-state index in [-0.39, 0.29) is 10.6 Å². The van der Waals surface area contributed by atoms with E-state index in [4.69, 9.17) is 4.74 Å². The third-order valence-electron chi connectivity index (χ3n) is 1.94. The molecule has 0 heterocycles. The maximum Gasteiger partial charge on any atom is 0.338 e. The molecule has 0 aliphatic carbocycles. The first-order chi connectivity index (χ1) is 7.06. The highest BCUT2D eigenvalue weighted by Gasteiger charge is 2.16. The summed E-state index contributed by atoms with van der Waals surface area (Å²) in [4.78, 5) is 11.4. The predicted octanol–water partition coefficient (Wildman–Crippen LogP) is 3.46. The summed E-state index contributed by atoms with van der Waals surface area (Å²) in [7, 11) is 0. The topological polar surface area (TPSA) is 26.3 Å². The molecule has 0 aromatic heterocycles. The Kier molecular flexibility index (Phi) is 4.27. The van der Waals surface area contributed by atoms with E-state index >= 15 is 0 Å². The van der Waals surface area contributed by atoms with Gasteiger partial charge >= 0.3 is 5.97 Å². The molecule has 0 spiro atoms. The number of hydrogen-bond acceptors (Lipinski definition) is 2. The van der Waals surface area contributed by atoms with E-state index in [1.165, 1.54) is 18.2 Å². The highest BCUT2D eigenvalue weighted by atomic mass is 79.9. The largest absolute Gasteiger partial charge is 0.462 e. The first-order valence-electron chi connectivity index (χ1n) is 4.67. The first-order valence-corrected chi connectivity index (χ1v) is 5.58. The monoisotopic (exact) mass is 274 g/mol. The molecule has 1 aromatic carbocycles. The zero-order chi connectivity index (χ0) is 11.4. The fraction of sp³-hybridized carbons (Fsp3) is 0.364. The van der Waals surface area contributed by atoms with Gasteiger partial charge in [0.1, 0.15) is 5.82 Å². The summed E-state index contributed by atoms with van der Waals surface area (Å²) in [6.07, 6.45) is 0. The Bertz CT molecular complexity index is 364. The van der Waals surface area contributed by atoms with Gasteiger partial charge in [0.2, 0.25) is 0 Å². The Labute approximate surface area is 96.6 Å². The van der Waals surface area contributed by atoms with Crippen molar-refractivity contribution in [1.82, 2.24) is 0 Å². The summed E-state index contributed by atoms with van der Waals surface area (Å²) in [6, 6.07) is 4.04.